The van der Waals surface area contributed by atoms with Gasteiger partial charge >= 0.3 is 0 Å². The Balaban J connectivity index is 1.94. The number of nitrogen functional groups attached to an aromatic ring is 1. The van der Waals surface area contributed by atoms with E-state index in [2.05, 4.69) is 15.5 Å². The first kappa shape index (κ1) is 14.2. The van der Waals surface area contributed by atoms with Gasteiger partial charge in [0.05, 0.1) is 11.8 Å². The van der Waals surface area contributed by atoms with Gasteiger partial charge in [-0.15, -0.1) is 10.2 Å². The van der Waals surface area contributed by atoms with Crippen LogP contribution in [-0.2, 0) is 13.5 Å². The number of rotatable bonds is 6. The van der Waals surface area contributed by atoms with E-state index in [1.807, 2.05) is 43.7 Å². The van der Waals surface area contributed by atoms with Crippen molar-refractivity contribution >= 4 is 11.4 Å². The van der Waals surface area contributed by atoms with Crippen molar-refractivity contribution in [1.82, 2.24) is 14.8 Å². The van der Waals surface area contributed by atoms with Gasteiger partial charge in [0, 0.05) is 31.8 Å². The Hall–Kier alpha value is -2.24. The van der Waals surface area contributed by atoms with Crippen LogP contribution in [0.15, 0.2) is 24.5 Å². The molecule has 0 atom stereocenters. The topological polar surface area (TPSA) is 78.0 Å². The third-order valence-electron chi connectivity index (χ3n) is 2.86. The number of benzene rings is 1. The van der Waals surface area contributed by atoms with E-state index in [4.69, 9.17) is 10.5 Å². The van der Waals surface area contributed by atoms with Crippen molar-refractivity contribution in [3.63, 3.8) is 0 Å². The molecule has 1 aromatic heterocycles. The normalized spacial score (nSPS) is 10.8. The second-order valence-corrected chi connectivity index (χ2v) is 4.95. The maximum Gasteiger partial charge on any atom is 0.144 e. The van der Waals surface area contributed by atoms with Gasteiger partial charge in [-0.05, 0) is 26.0 Å². The lowest BCUT2D eigenvalue weighted by molar-refractivity contribution is 0.244. The summed E-state index contributed by atoms with van der Waals surface area (Å²) in [5.41, 5.74) is 7.52. The molecule has 20 heavy (non-hydrogen) atoms. The van der Waals surface area contributed by atoms with Crippen LogP contribution in [0.3, 0.4) is 0 Å². The highest BCUT2D eigenvalue weighted by atomic mass is 16.5. The predicted molar refractivity (Wildman–Crippen MR) is 79.8 cm³/mol. The van der Waals surface area contributed by atoms with Gasteiger partial charge in [-0.2, -0.15) is 0 Å². The number of nitrogens with two attached hydrogens (primary N) is 1. The number of nitrogens with zero attached hydrogens (tertiary/aromatic N) is 3. The molecule has 2 aromatic rings. The van der Waals surface area contributed by atoms with Crippen LogP contribution in [0.4, 0.5) is 11.4 Å². The summed E-state index contributed by atoms with van der Waals surface area (Å²) in [5, 5.41) is 11.2. The van der Waals surface area contributed by atoms with Crippen LogP contribution >= 0.6 is 0 Å². The van der Waals surface area contributed by atoms with Crippen LogP contribution in [0.25, 0.3) is 0 Å². The van der Waals surface area contributed by atoms with E-state index in [1.165, 1.54) is 0 Å². The summed E-state index contributed by atoms with van der Waals surface area (Å²) in [6.45, 7) is 4.73. The lowest BCUT2D eigenvalue weighted by Gasteiger charge is -2.14. The van der Waals surface area contributed by atoms with Crippen molar-refractivity contribution in [3.8, 4) is 5.75 Å². The van der Waals surface area contributed by atoms with Crippen LogP contribution in [0.2, 0.25) is 0 Å². The summed E-state index contributed by atoms with van der Waals surface area (Å²) >= 11 is 0. The number of ether oxygens (including phenoxy) is 1. The zero-order chi connectivity index (χ0) is 14.5. The Morgan fingerprint density at radius 2 is 2.20 bits per heavy atom. The molecule has 0 bridgehead atoms. The van der Waals surface area contributed by atoms with Crippen LogP contribution in [-0.4, -0.2) is 27.4 Å². The van der Waals surface area contributed by atoms with E-state index in [9.17, 15) is 0 Å². The molecule has 6 heteroatoms. The fourth-order valence-corrected chi connectivity index (χ4v) is 1.85. The first-order chi connectivity index (χ1) is 9.56. The third kappa shape index (κ3) is 3.63. The second-order valence-electron chi connectivity index (χ2n) is 4.95. The molecular formula is C14H21N5O. The van der Waals surface area contributed by atoms with Crippen LogP contribution in [0.5, 0.6) is 5.75 Å². The molecule has 0 aliphatic carbocycles. The highest BCUT2D eigenvalue weighted by Gasteiger charge is 2.05. The Morgan fingerprint density at radius 3 is 2.85 bits per heavy atom. The number of anilines is 2. The van der Waals surface area contributed by atoms with Gasteiger partial charge < -0.3 is 20.4 Å². The van der Waals surface area contributed by atoms with E-state index < -0.39 is 0 Å². The molecule has 0 amide bonds. The molecule has 0 saturated carbocycles. The molecule has 108 valence electrons. The summed E-state index contributed by atoms with van der Waals surface area (Å²) in [4.78, 5) is 0. The maximum absolute atomic E-state index is 5.89. The molecule has 0 fully saturated rings. The summed E-state index contributed by atoms with van der Waals surface area (Å²) < 4.78 is 7.58. The SMILES string of the molecule is CC(C)Oc1cc(NCCc2nncn2C)ccc1N. The summed E-state index contributed by atoms with van der Waals surface area (Å²) in [7, 11) is 1.94. The molecule has 1 aromatic carbocycles. The maximum atomic E-state index is 5.89. The van der Waals surface area contributed by atoms with E-state index in [1.54, 1.807) is 6.33 Å². The molecule has 1 heterocycles. The smallest absolute Gasteiger partial charge is 0.144 e. The monoisotopic (exact) mass is 275 g/mol. The fraction of sp³-hybridized carbons (Fsp3) is 0.429. The fourth-order valence-electron chi connectivity index (χ4n) is 1.85. The Morgan fingerprint density at radius 1 is 1.40 bits per heavy atom. The lowest BCUT2D eigenvalue weighted by atomic mass is 10.2. The van der Waals surface area contributed by atoms with Crippen molar-refractivity contribution in [2.24, 2.45) is 7.05 Å². The van der Waals surface area contributed by atoms with E-state index >= 15 is 0 Å². The van der Waals surface area contributed by atoms with Crippen molar-refractivity contribution in [1.29, 1.82) is 0 Å². The van der Waals surface area contributed by atoms with Crippen molar-refractivity contribution in [2.75, 3.05) is 17.6 Å². The first-order valence-electron chi connectivity index (χ1n) is 6.69. The Labute approximate surface area is 119 Å². The first-order valence-corrected chi connectivity index (χ1v) is 6.69. The molecular weight excluding hydrogens is 254 g/mol. The van der Waals surface area contributed by atoms with Gasteiger partial charge in [-0.3, -0.25) is 0 Å². The Bertz CT molecular complexity index is 564. The average molecular weight is 275 g/mol. The summed E-state index contributed by atoms with van der Waals surface area (Å²) in [5.74, 6) is 1.66. The Kier molecular flexibility index (Phi) is 4.45. The minimum atomic E-state index is 0.103. The average Bonchev–Trinajstić information content (AvgIpc) is 2.79. The number of hydrogen-bond donors (Lipinski definition) is 2. The molecule has 0 aliphatic rings. The molecule has 2 rings (SSSR count). The highest BCUT2D eigenvalue weighted by Crippen LogP contribution is 2.26. The lowest BCUT2D eigenvalue weighted by Crippen LogP contribution is -2.10. The van der Waals surface area contributed by atoms with Crippen molar-refractivity contribution in [2.45, 2.75) is 26.4 Å². The van der Waals surface area contributed by atoms with Gasteiger partial charge in [-0.25, -0.2) is 0 Å². The van der Waals surface area contributed by atoms with Crippen molar-refractivity contribution < 1.29 is 4.74 Å². The third-order valence-corrected chi connectivity index (χ3v) is 2.86. The molecule has 3 N–H and O–H groups in total. The van der Waals surface area contributed by atoms with Gasteiger partial charge in [0.15, 0.2) is 0 Å². The molecule has 0 radical (unpaired) electrons. The summed E-state index contributed by atoms with van der Waals surface area (Å²) in [6.07, 6.45) is 2.61. The molecule has 0 spiro atoms. The van der Waals surface area contributed by atoms with Gasteiger partial charge in [0.25, 0.3) is 0 Å². The van der Waals surface area contributed by atoms with Gasteiger partial charge in [-0.1, -0.05) is 0 Å². The molecule has 0 saturated heterocycles. The van der Waals surface area contributed by atoms with Crippen LogP contribution in [0, 0.1) is 0 Å². The second kappa shape index (κ2) is 6.27. The van der Waals surface area contributed by atoms with Gasteiger partial charge in [0.2, 0.25) is 0 Å². The zero-order valence-electron chi connectivity index (χ0n) is 12.1. The minimum absolute atomic E-state index is 0.103. The number of nitrogens with one attached hydrogen (secondary N) is 1. The molecule has 0 aliphatic heterocycles. The number of aromatic nitrogens is 3. The van der Waals surface area contributed by atoms with Crippen LogP contribution in [0.1, 0.15) is 19.7 Å². The van der Waals surface area contributed by atoms with Gasteiger partial charge in [0.1, 0.15) is 17.9 Å². The van der Waals surface area contributed by atoms with Crippen molar-refractivity contribution in [3.05, 3.63) is 30.4 Å². The molecule has 0 unspecified atom stereocenters. The number of aryl methyl sites for hydroxylation is 1. The standard InChI is InChI=1S/C14H21N5O/c1-10(2)20-13-8-11(4-5-12(13)15)16-7-6-14-18-17-9-19(14)3/h4-5,8-10,16H,6-7,15H2,1-3H3. The van der Waals surface area contributed by atoms with E-state index in [-0.39, 0.29) is 6.10 Å². The number of hydrogen-bond acceptors (Lipinski definition) is 5. The summed E-state index contributed by atoms with van der Waals surface area (Å²) in [6, 6.07) is 5.72. The van der Waals surface area contributed by atoms with E-state index in [0.717, 1.165) is 24.5 Å². The quantitative estimate of drug-likeness (QED) is 0.786. The minimum Gasteiger partial charge on any atom is -0.489 e. The van der Waals surface area contributed by atoms with Crippen LogP contribution < -0.4 is 15.8 Å². The largest absolute Gasteiger partial charge is 0.489 e. The highest BCUT2D eigenvalue weighted by molar-refractivity contribution is 5.61. The zero-order valence-corrected chi connectivity index (χ0v) is 12.1. The van der Waals surface area contributed by atoms with E-state index in [0.29, 0.717) is 11.4 Å². The molecule has 6 nitrogen and oxygen atoms in total. The predicted octanol–water partition coefficient (Wildman–Crippen LogP) is 1.84.